The highest BCUT2D eigenvalue weighted by atomic mass is 16.5. The van der Waals surface area contributed by atoms with Crippen molar-refractivity contribution in [2.75, 3.05) is 44.5 Å². The number of pyridine rings is 1. The molecule has 3 aromatic rings. The van der Waals surface area contributed by atoms with Crippen LogP contribution in [0.5, 0.6) is 11.8 Å². The van der Waals surface area contributed by atoms with E-state index in [1.807, 2.05) is 0 Å². The molecule has 0 radical (unpaired) electrons. The smallest absolute Gasteiger partial charge is 0.327 e. The minimum Gasteiger partial charge on any atom is -0.424 e. The zero-order chi connectivity index (χ0) is 22.7. The van der Waals surface area contributed by atoms with Crippen LogP contribution in [0.1, 0.15) is 17.3 Å². The van der Waals surface area contributed by atoms with Gasteiger partial charge in [-0.15, -0.1) is 0 Å². The number of carbonyl (C=O) groups is 1. The van der Waals surface area contributed by atoms with Crippen molar-refractivity contribution >= 4 is 17.7 Å². The van der Waals surface area contributed by atoms with Gasteiger partial charge in [-0.3, -0.25) is 4.79 Å². The third-order valence-corrected chi connectivity index (χ3v) is 4.99. The molecule has 1 unspecified atom stereocenters. The molecule has 1 aliphatic rings. The van der Waals surface area contributed by atoms with Crippen LogP contribution < -0.4 is 15.4 Å². The van der Waals surface area contributed by atoms with E-state index < -0.39 is 0 Å². The quantitative estimate of drug-likeness (QED) is 0.643. The van der Waals surface area contributed by atoms with Crippen LogP contribution in [0, 0.1) is 0 Å². The van der Waals surface area contributed by atoms with Crippen LogP contribution in [0.2, 0.25) is 0 Å². The van der Waals surface area contributed by atoms with Crippen LogP contribution in [0.4, 0.5) is 11.8 Å². The molecular formula is C22H25N7O3. The molecule has 0 bridgehead atoms. The van der Waals surface area contributed by atoms with E-state index in [0.29, 0.717) is 54.2 Å². The predicted molar refractivity (Wildman–Crippen MR) is 120 cm³/mol. The molecule has 1 aromatic carbocycles. The lowest BCUT2D eigenvalue weighted by Crippen LogP contribution is -2.44. The molecule has 1 fully saturated rings. The third kappa shape index (κ3) is 4.75. The molecule has 2 N–H and O–H groups in total. The highest BCUT2D eigenvalue weighted by Crippen LogP contribution is 2.26. The zero-order valence-corrected chi connectivity index (χ0v) is 18.2. The van der Waals surface area contributed by atoms with Crippen molar-refractivity contribution in [1.29, 1.82) is 0 Å². The number of nitrogens with two attached hydrogens (primary N) is 1. The topological polar surface area (TPSA) is 120 Å². The van der Waals surface area contributed by atoms with Gasteiger partial charge in [0.05, 0.1) is 19.3 Å². The lowest BCUT2D eigenvalue weighted by molar-refractivity contribution is 0.0827. The molecular weight excluding hydrogens is 410 g/mol. The molecule has 4 rings (SSSR count). The van der Waals surface area contributed by atoms with Gasteiger partial charge < -0.3 is 25.0 Å². The second kappa shape index (κ2) is 9.15. The fraction of sp³-hybridized carbons (Fsp3) is 0.318. The summed E-state index contributed by atoms with van der Waals surface area (Å²) in [5, 5.41) is 0. The van der Waals surface area contributed by atoms with Crippen molar-refractivity contribution in [2.45, 2.75) is 13.0 Å². The number of aromatic nitrogens is 4. The molecule has 10 nitrogen and oxygen atoms in total. The van der Waals surface area contributed by atoms with Crippen LogP contribution in [-0.2, 0) is 4.74 Å². The van der Waals surface area contributed by atoms with Crippen LogP contribution >= 0.6 is 0 Å². The summed E-state index contributed by atoms with van der Waals surface area (Å²) in [5.74, 6) is 1.76. The second-order valence-corrected chi connectivity index (χ2v) is 7.66. The van der Waals surface area contributed by atoms with Gasteiger partial charge in [-0.2, -0.15) is 15.0 Å². The third-order valence-electron chi connectivity index (χ3n) is 4.99. The van der Waals surface area contributed by atoms with Gasteiger partial charge in [-0.05, 0) is 43.3 Å². The maximum absolute atomic E-state index is 12.1. The van der Waals surface area contributed by atoms with E-state index in [-0.39, 0.29) is 18.0 Å². The predicted octanol–water partition coefficient (Wildman–Crippen LogP) is 2.24. The summed E-state index contributed by atoms with van der Waals surface area (Å²) in [6.07, 6.45) is 1.61. The van der Waals surface area contributed by atoms with Crippen molar-refractivity contribution in [3.05, 3.63) is 48.2 Å². The minimum absolute atomic E-state index is 0.0848. The lowest BCUT2D eigenvalue weighted by Gasteiger charge is -2.33. The van der Waals surface area contributed by atoms with E-state index in [1.54, 1.807) is 56.7 Å². The van der Waals surface area contributed by atoms with E-state index in [9.17, 15) is 4.79 Å². The van der Waals surface area contributed by atoms with Crippen molar-refractivity contribution in [3.8, 4) is 23.1 Å². The maximum atomic E-state index is 12.1. The maximum Gasteiger partial charge on any atom is 0.327 e. The first-order chi connectivity index (χ1) is 15.4. The van der Waals surface area contributed by atoms with Crippen molar-refractivity contribution in [1.82, 2.24) is 24.8 Å². The molecule has 0 aliphatic carbocycles. The van der Waals surface area contributed by atoms with Crippen molar-refractivity contribution in [3.63, 3.8) is 0 Å². The van der Waals surface area contributed by atoms with Crippen LogP contribution in [0.15, 0.2) is 42.6 Å². The first kappa shape index (κ1) is 21.4. The van der Waals surface area contributed by atoms with Gasteiger partial charge in [-0.25, -0.2) is 4.98 Å². The Kier molecular flexibility index (Phi) is 6.13. The summed E-state index contributed by atoms with van der Waals surface area (Å²) in [5.41, 5.74) is 6.98. The Morgan fingerprint density at radius 1 is 1.16 bits per heavy atom. The number of nitrogen functional groups attached to an aromatic ring is 1. The Labute approximate surface area is 186 Å². The van der Waals surface area contributed by atoms with Crippen LogP contribution in [-0.4, -0.2) is 70.6 Å². The van der Waals surface area contributed by atoms with Crippen LogP contribution in [0.3, 0.4) is 0 Å². The molecule has 0 spiro atoms. The largest absolute Gasteiger partial charge is 0.424 e. The van der Waals surface area contributed by atoms with Gasteiger partial charge in [-0.1, -0.05) is 0 Å². The highest BCUT2D eigenvalue weighted by molar-refractivity contribution is 5.93. The van der Waals surface area contributed by atoms with Gasteiger partial charge in [0, 0.05) is 38.0 Å². The molecule has 1 amide bonds. The van der Waals surface area contributed by atoms with E-state index in [2.05, 4.69) is 31.8 Å². The Bertz CT molecular complexity index is 1090. The molecule has 1 atom stereocenters. The van der Waals surface area contributed by atoms with Gasteiger partial charge in [0.25, 0.3) is 5.91 Å². The number of benzene rings is 1. The lowest BCUT2D eigenvalue weighted by atomic mass is 10.2. The van der Waals surface area contributed by atoms with Crippen molar-refractivity contribution in [2.24, 2.45) is 0 Å². The average molecular weight is 435 g/mol. The molecule has 2 aromatic heterocycles. The van der Waals surface area contributed by atoms with Gasteiger partial charge in [0.1, 0.15) is 11.6 Å². The number of rotatable bonds is 5. The molecule has 32 heavy (non-hydrogen) atoms. The number of anilines is 2. The summed E-state index contributed by atoms with van der Waals surface area (Å²) < 4.78 is 11.5. The number of amides is 1. The van der Waals surface area contributed by atoms with Crippen molar-refractivity contribution < 1.29 is 14.3 Å². The number of ether oxygens (including phenoxy) is 2. The number of morpholine rings is 1. The normalized spacial score (nSPS) is 16.0. The first-order valence-electron chi connectivity index (χ1n) is 10.2. The second-order valence-electron chi connectivity index (χ2n) is 7.66. The van der Waals surface area contributed by atoms with Gasteiger partial charge in [0.2, 0.25) is 5.95 Å². The highest BCUT2D eigenvalue weighted by Gasteiger charge is 2.23. The minimum atomic E-state index is -0.0848. The van der Waals surface area contributed by atoms with E-state index >= 15 is 0 Å². The summed E-state index contributed by atoms with van der Waals surface area (Å²) in [6.45, 7) is 3.88. The van der Waals surface area contributed by atoms with E-state index in [4.69, 9.17) is 15.2 Å². The number of hydrogen-bond donors (Lipinski definition) is 1. The number of hydrogen-bond acceptors (Lipinski definition) is 9. The molecule has 10 heteroatoms. The number of carbonyl (C=O) groups excluding carboxylic acids is 1. The van der Waals surface area contributed by atoms with E-state index in [0.717, 1.165) is 0 Å². The van der Waals surface area contributed by atoms with Crippen LogP contribution in [0.25, 0.3) is 11.4 Å². The standard InChI is InChI=1S/C22H25N7O3/c1-14-13-31-11-10-29(14)21-25-19(16-6-9-18(23)24-12-16)26-22(27-21)32-17-7-4-15(5-8-17)20(30)28(2)3/h4-9,12,14H,10-11,13H2,1-3H3,(H2,23,24). The zero-order valence-electron chi connectivity index (χ0n) is 18.2. The summed E-state index contributed by atoms with van der Waals surface area (Å²) >= 11 is 0. The van der Waals surface area contributed by atoms with Gasteiger partial charge >= 0.3 is 6.01 Å². The Morgan fingerprint density at radius 3 is 2.59 bits per heavy atom. The molecule has 166 valence electrons. The molecule has 1 saturated heterocycles. The Balaban J connectivity index is 1.67. The van der Waals surface area contributed by atoms with E-state index in [1.165, 1.54) is 4.90 Å². The fourth-order valence-electron chi connectivity index (χ4n) is 3.24. The molecule has 3 heterocycles. The number of nitrogens with zero attached hydrogens (tertiary/aromatic N) is 6. The monoisotopic (exact) mass is 435 g/mol. The SMILES string of the molecule is CC1COCCN1c1nc(Oc2ccc(C(=O)N(C)C)cc2)nc(-c2ccc(N)nc2)n1. The molecule has 1 aliphatic heterocycles. The first-order valence-corrected chi connectivity index (χ1v) is 10.2. The summed E-state index contributed by atoms with van der Waals surface area (Å²) in [6, 6.07) is 10.6. The average Bonchev–Trinajstić information content (AvgIpc) is 2.79. The fourth-order valence-corrected chi connectivity index (χ4v) is 3.24. The molecule has 0 saturated carbocycles. The summed E-state index contributed by atoms with van der Waals surface area (Å²) in [4.78, 5) is 33.5. The Morgan fingerprint density at radius 2 is 1.94 bits per heavy atom. The van der Waals surface area contributed by atoms with Gasteiger partial charge in [0.15, 0.2) is 5.82 Å². The summed E-state index contributed by atoms with van der Waals surface area (Å²) in [7, 11) is 3.42. The Hall–Kier alpha value is -3.79.